The van der Waals surface area contributed by atoms with Crippen molar-refractivity contribution in [3.63, 3.8) is 0 Å². The smallest absolute Gasteiger partial charge is 0.0717 e. The summed E-state index contributed by atoms with van der Waals surface area (Å²) in [6, 6.07) is 4.44. The molecule has 2 rings (SSSR count). The van der Waals surface area contributed by atoms with Crippen LogP contribution in [0.1, 0.15) is 12.8 Å². The fourth-order valence-electron chi connectivity index (χ4n) is 2.59. The number of thioether (sulfide) groups is 8. The van der Waals surface area contributed by atoms with Crippen molar-refractivity contribution in [1.29, 1.82) is 10.5 Å². The summed E-state index contributed by atoms with van der Waals surface area (Å²) < 4.78 is 29.1. The first-order chi connectivity index (χ1) is 19.7. The predicted octanol–water partition coefficient (Wildman–Crippen LogP) is 4.87. The molecule has 0 aromatic heterocycles. The summed E-state index contributed by atoms with van der Waals surface area (Å²) in [6.07, 6.45) is 1.02. The van der Waals surface area contributed by atoms with Gasteiger partial charge in [0, 0.05) is 49.1 Å². The molecule has 0 N–H and O–H groups in total. The Hall–Kier alpha value is 0.760. The van der Waals surface area contributed by atoms with E-state index in [2.05, 4.69) is 12.1 Å². The van der Waals surface area contributed by atoms with Crippen molar-refractivity contribution in [2.45, 2.75) is 12.8 Å². The van der Waals surface area contributed by atoms with Crippen LogP contribution in [0.5, 0.6) is 0 Å². The fourth-order valence-corrected chi connectivity index (χ4v) is 14.3. The topological polar surface area (TPSA) is 131 Å². The number of rotatable bonds is 24. The van der Waals surface area contributed by atoms with Crippen LogP contribution in [-0.2, 0) is 18.9 Å². The summed E-state index contributed by atoms with van der Waals surface area (Å²) in [7, 11) is 0. The summed E-state index contributed by atoms with van der Waals surface area (Å²) in [5.41, 5.74) is 0. The number of nitrogens with zero attached hydrogens (tertiary/aromatic N) is 2. The molecule has 0 saturated carbocycles. The first-order valence-corrected chi connectivity index (χ1v) is 19.6. The maximum atomic E-state index is 10.4. The predicted molar refractivity (Wildman–Crippen MR) is 175 cm³/mol. The second-order valence-electron chi connectivity index (χ2n) is 7.20. The number of ether oxygens (including phenoxy) is 4. The summed E-state index contributed by atoms with van der Waals surface area (Å²) in [4.78, 5) is 0. The average molecular weight is 701 g/mol. The first kappa shape index (κ1) is 36.9. The van der Waals surface area contributed by atoms with Crippen LogP contribution in [0.25, 0.3) is 0 Å². The molecule has 16 heteroatoms. The van der Waals surface area contributed by atoms with Gasteiger partial charge in [0.25, 0.3) is 0 Å². The molecule has 0 saturated heterocycles. The highest BCUT2D eigenvalue weighted by atomic mass is 32.3. The van der Waals surface area contributed by atoms with Gasteiger partial charge in [0.15, 0.2) is 0 Å². The van der Waals surface area contributed by atoms with Gasteiger partial charge < -0.3 is 29.2 Å². The van der Waals surface area contributed by atoms with E-state index < -0.39 is 0 Å². The van der Waals surface area contributed by atoms with Crippen molar-refractivity contribution in [1.82, 2.24) is 0 Å². The Balaban J connectivity index is 1.93. The van der Waals surface area contributed by atoms with E-state index in [1.165, 1.54) is 25.4 Å². The largest absolute Gasteiger partial charge is 0.853 e. The van der Waals surface area contributed by atoms with E-state index in [0.717, 1.165) is 23.0 Å². The lowest BCUT2D eigenvalue weighted by Crippen LogP contribution is -2.15. The molecule has 2 aliphatic heterocycles. The molecule has 0 aliphatic carbocycles. The Kier molecular flexibility index (Phi) is 23.2. The van der Waals surface area contributed by atoms with Gasteiger partial charge in [-0.05, 0) is 0 Å². The van der Waals surface area contributed by atoms with Crippen molar-refractivity contribution in [2.75, 3.05) is 89.1 Å². The fraction of sp³-hybridized carbons (Fsp3) is 0.667. The average Bonchev–Trinajstić information content (AvgIpc) is 3.56. The molecule has 0 spiro atoms. The van der Waals surface area contributed by atoms with Gasteiger partial charge in [-0.25, -0.2) is 0 Å². The molecule has 0 radical (unpaired) electrons. The molecule has 2 aliphatic rings. The highest BCUT2D eigenvalue weighted by Crippen LogP contribution is 2.66. The molecule has 0 unspecified atom stereocenters. The van der Waals surface area contributed by atoms with E-state index in [-0.39, 0.29) is 26.4 Å². The van der Waals surface area contributed by atoms with Crippen LogP contribution in [-0.4, -0.2) is 89.1 Å². The van der Waals surface area contributed by atoms with Crippen molar-refractivity contribution in [3.05, 3.63) is 25.4 Å². The van der Waals surface area contributed by atoms with E-state index in [1.54, 1.807) is 94.1 Å². The van der Waals surface area contributed by atoms with E-state index in [4.69, 9.17) is 29.5 Å². The molecule has 0 atom stereocenters. The quantitative estimate of drug-likeness (QED) is 0.127. The zero-order chi connectivity index (χ0) is 28.7. The van der Waals surface area contributed by atoms with Crippen molar-refractivity contribution in [2.24, 2.45) is 0 Å². The van der Waals surface area contributed by atoms with E-state index in [9.17, 15) is 10.2 Å². The SMILES string of the molecule is N#CCCSC1=C(SCCC#N)SC(=C2SC(SCCOCCOCC[O-])=C(SCCOCCOCC[O-])S2)S1. The van der Waals surface area contributed by atoms with Gasteiger partial charge in [-0.1, -0.05) is 47.0 Å². The van der Waals surface area contributed by atoms with Crippen LogP contribution in [0.2, 0.25) is 0 Å². The van der Waals surface area contributed by atoms with Gasteiger partial charge in [-0.2, -0.15) is 10.5 Å². The van der Waals surface area contributed by atoms with Crippen molar-refractivity contribution >= 4 is 94.1 Å². The van der Waals surface area contributed by atoms with Gasteiger partial charge >= 0.3 is 0 Å². The van der Waals surface area contributed by atoms with Gasteiger partial charge in [-0.15, -0.1) is 60.3 Å². The Bertz CT molecular complexity index is 854. The zero-order valence-electron chi connectivity index (χ0n) is 21.9. The van der Waals surface area contributed by atoms with Gasteiger partial charge in [0.05, 0.1) is 77.2 Å². The third-order valence-electron chi connectivity index (χ3n) is 4.26. The second-order valence-corrected chi connectivity index (χ2v) is 17.3. The van der Waals surface area contributed by atoms with Gasteiger partial charge in [0.2, 0.25) is 0 Å². The molecule has 2 heterocycles. The van der Waals surface area contributed by atoms with Crippen LogP contribution >= 0.6 is 94.1 Å². The number of hydrogen-bond acceptors (Lipinski definition) is 16. The maximum Gasteiger partial charge on any atom is 0.0717 e. The summed E-state index contributed by atoms with van der Waals surface area (Å²) >= 11 is 14.2. The normalized spacial score (nSPS) is 15.4. The molecule has 40 heavy (non-hydrogen) atoms. The lowest BCUT2D eigenvalue weighted by atomic mass is 10.6. The second kappa shape index (κ2) is 25.1. The minimum absolute atomic E-state index is 0.218. The third-order valence-corrected chi connectivity index (χ3v) is 15.8. The lowest BCUT2D eigenvalue weighted by molar-refractivity contribution is -0.374. The molecule has 0 bridgehead atoms. The summed E-state index contributed by atoms with van der Waals surface area (Å²) in [5, 5.41) is 38.8. The molecule has 0 aromatic carbocycles. The zero-order valence-corrected chi connectivity index (χ0v) is 28.5. The van der Waals surface area contributed by atoms with Crippen LogP contribution in [0.3, 0.4) is 0 Å². The Morgan fingerprint density at radius 1 is 0.500 bits per heavy atom. The minimum atomic E-state index is -0.233. The van der Waals surface area contributed by atoms with E-state index in [0.29, 0.717) is 52.5 Å². The van der Waals surface area contributed by atoms with Gasteiger partial charge in [-0.3, -0.25) is 0 Å². The highest BCUT2D eigenvalue weighted by molar-refractivity contribution is 8.45. The molecule has 8 nitrogen and oxygen atoms in total. The monoisotopic (exact) mass is 700 g/mol. The van der Waals surface area contributed by atoms with Crippen molar-refractivity contribution < 1.29 is 29.2 Å². The standard InChI is InChI=1S/C24H32N2O6S8/c25-3-1-15-33-19-20(34-16-2-4-26)38-23(37-19)24-39-21(35-17-13-31-11-9-29-7-5-27)22(40-24)36-18-14-32-12-10-30-8-6-28/h1-2,5-18H2/q-2. The number of nitriles is 2. The lowest BCUT2D eigenvalue weighted by Gasteiger charge is -2.08. The molecule has 224 valence electrons. The molecule has 0 fully saturated rings. The highest BCUT2D eigenvalue weighted by Gasteiger charge is 2.30. The summed E-state index contributed by atoms with van der Waals surface area (Å²) in [6.45, 7) is 2.99. The molecule has 0 aromatic rings. The van der Waals surface area contributed by atoms with Crippen LogP contribution < -0.4 is 10.2 Å². The van der Waals surface area contributed by atoms with Gasteiger partial charge in [0.1, 0.15) is 0 Å². The number of hydrogen-bond donors (Lipinski definition) is 0. The third kappa shape index (κ3) is 16.0. The van der Waals surface area contributed by atoms with Crippen LogP contribution in [0.15, 0.2) is 25.4 Å². The van der Waals surface area contributed by atoms with Crippen LogP contribution in [0, 0.1) is 22.7 Å². The van der Waals surface area contributed by atoms with Crippen molar-refractivity contribution in [3.8, 4) is 12.1 Å². The molecule has 0 amide bonds. The minimum Gasteiger partial charge on any atom is -0.853 e. The van der Waals surface area contributed by atoms with E-state index >= 15 is 0 Å². The Morgan fingerprint density at radius 3 is 1.15 bits per heavy atom. The van der Waals surface area contributed by atoms with Crippen LogP contribution in [0.4, 0.5) is 0 Å². The molecular weight excluding hydrogens is 669 g/mol. The Morgan fingerprint density at radius 2 is 0.825 bits per heavy atom. The summed E-state index contributed by atoms with van der Waals surface area (Å²) in [5.74, 6) is 3.14. The van der Waals surface area contributed by atoms with E-state index in [1.807, 2.05) is 0 Å². The maximum absolute atomic E-state index is 10.4. The Labute approximate surface area is 271 Å². The first-order valence-electron chi connectivity index (χ1n) is 12.4. The molecular formula is C24H32N2O6S8-2.